The van der Waals surface area contributed by atoms with E-state index < -0.39 is 28.9 Å². The Morgan fingerprint density at radius 2 is 1.86 bits per heavy atom. The monoisotopic (exact) mass is 292 g/mol. The van der Waals surface area contributed by atoms with Crippen LogP contribution < -0.4 is 5.32 Å². The maximum Gasteiger partial charge on any atom is 0.258 e. The quantitative estimate of drug-likeness (QED) is 0.713. The van der Waals surface area contributed by atoms with Crippen molar-refractivity contribution in [2.24, 2.45) is 0 Å². The fourth-order valence-electron chi connectivity index (χ4n) is 1.86. The summed E-state index contributed by atoms with van der Waals surface area (Å²) < 4.78 is 39.5. The number of aromatic nitrogens is 3. The largest absolute Gasteiger partial charge is 0.320 e. The summed E-state index contributed by atoms with van der Waals surface area (Å²) in [5.41, 5.74) is 0.539. The Hall–Kier alpha value is -2.90. The van der Waals surface area contributed by atoms with Crippen molar-refractivity contribution in [1.29, 1.82) is 0 Å². The Bertz CT molecular complexity index is 847. The number of nitrogens with zero attached hydrogens (tertiary/aromatic N) is 2. The van der Waals surface area contributed by atoms with E-state index in [4.69, 9.17) is 0 Å². The lowest BCUT2D eigenvalue weighted by atomic mass is 10.1. The van der Waals surface area contributed by atoms with Crippen LogP contribution in [0.1, 0.15) is 10.4 Å². The van der Waals surface area contributed by atoms with E-state index in [-0.39, 0.29) is 5.69 Å². The van der Waals surface area contributed by atoms with Crippen LogP contribution in [0, 0.1) is 17.5 Å². The molecule has 8 heteroatoms. The van der Waals surface area contributed by atoms with Gasteiger partial charge in [-0.1, -0.05) is 6.07 Å². The van der Waals surface area contributed by atoms with Crippen LogP contribution in [0.5, 0.6) is 0 Å². The van der Waals surface area contributed by atoms with Gasteiger partial charge in [0.05, 0.1) is 11.3 Å². The first-order valence-corrected chi connectivity index (χ1v) is 5.82. The van der Waals surface area contributed by atoms with Crippen LogP contribution in [-0.2, 0) is 0 Å². The van der Waals surface area contributed by atoms with Crippen LogP contribution >= 0.6 is 0 Å². The maximum atomic E-state index is 13.6. The Morgan fingerprint density at radius 3 is 2.67 bits per heavy atom. The highest BCUT2D eigenvalue weighted by Crippen LogP contribution is 2.21. The Morgan fingerprint density at radius 1 is 1.05 bits per heavy atom. The molecule has 1 amide bonds. The number of hydrogen-bond acceptors (Lipinski definition) is 3. The number of fused-ring (bicyclic) bond motifs is 1. The number of benzene rings is 2. The third-order valence-corrected chi connectivity index (χ3v) is 2.87. The lowest BCUT2D eigenvalue weighted by Crippen LogP contribution is -2.15. The summed E-state index contributed by atoms with van der Waals surface area (Å²) in [6.07, 6.45) is 0. The van der Waals surface area contributed by atoms with Gasteiger partial charge in [-0.25, -0.2) is 13.2 Å². The molecule has 5 nitrogen and oxygen atoms in total. The predicted molar refractivity (Wildman–Crippen MR) is 68.2 cm³/mol. The number of carbonyl (C=O) groups excluding carboxylic acids is 1. The summed E-state index contributed by atoms with van der Waals surface area (Å²) in [5, 5.41) is 12.4. The minimum atomic E-state index is -1.69. The van der Waals surface area contributed by atoms with E-state index in [2.05, 4.69) is 20.7 Å². The lowest BCUT2D eigenvalue weighted by Gasteiger charge is -2.07. The van der Waals surface area contributed by atoms with Crippen LogP contribution in [0.3, 0.4) is 0 Å². The zero-order valence-corrected chi connectivity index (χ0v) is 10.3. The van der Waals surface area contributed by atoms with Gasteiger partial charge < -0.3 is 5.32 Å². The molecular formula is C13H7F3N4O. The van der Waals surface area contributed by atoms with Gasteiger partial charge in [-0.15, -0.1) is 0 Å². The third-order valence-electron chi connectivity index (χ3n) is 2.87. The Kier molecular flexibility index (Phi) is 3.05. The molecule has 1 heterocycles. The average Bonchev–Trinajstić information content (AvgIpc) is 2.94. The standard InChI is InChI=1S/C13H7F3N4O/c14-7-5-4-6(10(15)11(7)16)13(21)17-8-2-1-3-9-12(8)19-20-18-9/h1-5H,(H,17,21)(H,18,19,20). The summed E-state index contributed by atoms with van der Waals surface area (Å²) in [6, 6.07) is 6.35. The van der Waals surface area contributed by atoms with Gasteiger partial charge in [-0.2, -0.15) is 15.4 Å². The summed E-state index contributed by atoms with van der Waals surface area (Å²) in [6.45, 7) is 0. The first-order chi connectivity index (χ1) is 10.1. The molecule has 0 unspecified atom stereocenters. The number of aromatic amines is 1. The highest BCUT2D eigenvalue weighted by Gasteiger charge is 2.19. The average molecular weight is 292 g/mol. The molecule has 1 aromatic heterocycles. The van der Waals surface area contributed by atoms with Crippen LogP contribution in [0.4, 0.5) is 18.9 Å². The highest BCUT2D eigenvalue weighted by atomic mass is 19.2. The van der Waals surface area contributed by atoms with Crippen molar-refractivity contribution in [3.63, 3.8) is 0 Å². The first-order valence-electron chi connectivity index (χ1n) is 5.82. The zero-order valence-electron chi connectivity index (χ0n) is 10.3. The van der Waals surface area contributed by atoms with E-state index in [1.54, 1.807) is 12.1 Å². The molecule has 3 aromatic rings. The van der Waals surface area contributed by atoms with E-state index >= 15 is 0 Å². The molecule has 21 heavy (non-hydrogen) atoms. The van der Waals surface area contributed by atoms with Crippen molar-refractivity contribution >= 4 is 22.6 Å². The lowest BCUT2D eigenvalue weighted by molar-refractivity contribution is 0.102. The van der Waals surface area contributed by atoms with E-state index in [1.807, 2.05) is 0 Å². The first kappa shape index (κ1) is 13.1. The molecule has 0 saturated heterocycles. The fraction of sp³-hybridized carbons (Fsp3) is 0. The van der Waals surface area contributed by atoms with Gasteiger partial charge in [-0.3, -0.25) is 4.79 Å². The topological polar surface area (TPSA) is 70.7 Å². The number of rotatable bonds is 2. The molecular weight excluding hydrogens is 285 g/mol. The zero-order chi connectivity index (χ0) is 15.0. The molecule has 0 aliphatic heterocycles. The molecule has 0 aliphatic rings. The number of nitrogens with one attached hydrogen (secondary N) is 2. The predicted octanol–water partition coefficient (Wildman–Crippen LogP) is 2.63. The van der Waals surface area contributed by atoms with Gasteiger partial charge in [0.15, 0.2) is 17.5 Å². The van der Waals surface area contributed by atoms with Gasteiger partial charge in [0.1, 0.15) is 11.0 Å². The number of halogens is 3. The van der Waals surface area contributed by atoms with Gasteiger partial charge in [0, 0.05) is 0 Å². The van der Waals surface area contributed by atoms with E-state index in [0.717, 1.165) is 6.07 Å². The summed E-state index contributed by atoms with van der Waals surface area (Å²) in [7, 11) is 0. The third kappa shape index (κ3) is 2.20. The van der Waals surface area contributed by atoms with Gasteiger partial charge in [-0.05, 0) is 24.3 Å². The summed E-state index contributed by atoms with van der Waals surface area (Å²) in [4.78, 5) is 12.0. The maximum absolute atomic E-state index is 13.6. The Labute approximate surface area is 115 Å². The molecule has 2 aromatic carbocycles. The second-order valence-electron chi connectivity index (χ2n) is 4.17. The molecule has 0 radical (unpaired) electrons. The van der Waals surface area contributed by atoms with Gasteiger partial charge in [0.25, 0.3) is 5.91 Å². The molecule has 0 atom stereocenters. The summed E-state index contributed by atoms with van der Waals surface area (Å²) in [5.74, 6) is -5.51. The van der Waals surface area contributed by atoms with Crippen LogP contribution in [-0.4, -0.2) is 21.3 Å². The minimum Gasteiger partial charge on any atom is -0.320 e. The second-order valence-corrected chi connectivity index (χ2v) is 4.17. The number of amides is 1. The number of hydrogen-bond donors (Lipinski definition) is 2. The molecule has 2 N–H and O–H groups in total. The van der Waals surface area contributed by atoms with Crippen molar-refractivity contribution in [2.45, 2.75) is 0 Å². The van der Waals surface area contributed by atoms with Crippen molar-refractivity contribution in [3.05, 3.63) is 53.3 Å². The fourth-order valence-corrected chi connectivity index (χ4v) is 1.86. The molecule has 0 bridgehead atoms. The van der Waals surface area contributed by atoms with E-state index in [0.29, 0.717) is 17.1 Å². The normalized spacial score (nSPS) is 10.8. The molecule has 3 rings (SSSR count). The second kappa shape index (κ2) is 4.89. The number of anilines is 1. The number of carbonyl (C=O) groups is 1. The van der Waals surface area contributed by atoms with E-state index in [9.17, 15) is 18.0 Å². The van der Waals surface area contributed by atoms with Crippen molar-refractivity contribution in [2.75, 3.05) is 5.32 Å². The Balaban J connectivity index is 1.97. The molecule has 0 saturated carbocycles. The van der Waals surface area contributed by atoms with Crippen LogP contribution in [0.2, 0.25) is 0 Å². The van der Waals surface area contributed by atoms with Crippen molar-refractivity contribution in [3.8, 4) is 0 Å². The number of para-hydroxylation sites is 1. The number of H-pyrrole nitrogens is 1. The molecule has 0 fully saturated rings. The van der Waals surface area contributed by atoms with Gasteiger partial charge in [0.2, 0.25) is 0 Å². The SMILES string of the molecule is O=C(Nc1cccc2n[nH]nc12)c1ccc(F)c(F)c1F. The summed E-state index contributed by atoms with van der Waals surface area (Å²) >= 11 is 0. The molecule has 0 spiro atoms. The smallest absolute Gasteiger partial charge is 0.258 e. The highest BCUT2D eigenvalue weighted by molar-refractivity contribution is 6.08. The van der Waals surface area contributed by atoms with Crippen LogP contribution in [0.25, 0.3) is 11.0 Å². The minimum absolute atomic E-state index is 0.274. The molecule has 0 aliphatic carbocycles. The molecule has 106 valence electrons. The van der Waals surface area contributed by atoms with Crippen LogP contribution in [0.15, 0.2) is 30.3 Å². The van der Waals surface area contributed by atoms with Crippen molar-refractivity contribution < 1.29 is 18.0 Å². The van der Waals surface area contributed by atoms with Gasteiger partial charge >= 0.3 is 0 Å². The van der Waals surface area contributed by atoms with E-state index in [1.165, 1.54) is 6.07 Å². The van der Waals surface area contributed by atoms with Crippen molar-refractivity contribution in [1.82, 2.24) is 15.4 Å².